The number of ether oxygens (including phenoxy) is 1. The molecule has 36 heavy (non-hydrogen) atoms. The molecule has 0 bridgehead atoms. The standard InChI is InChI=1S/C25H30N4O4S2.ClH/c1-6-15-28(16-7-2)35(31,32)20-13-11-19(12-14-20)24(30)29(18-17-27(3)4)25-26-23-21(33-5)9-8-10-22(23)34-25;/h6-14H,1-2,15-18H2,3-5H3;1H. The second-order valence-corrected chi connectivity index (χ2v) is 10.9. The summed E-state index contributed by atoms with van der Waals surface area (Å²) in [6.07, 6.45) is 3.04. The second-order valence-electron chi connectivity index (χ2n) is 7.99. The van der Waals surface area contributed by atoms with Gasteiger partial charge in [0.05, 0.1) is 16.7 Å². The molecule has 194 valence electrons. The van der Waals surface area contributed by atoms with Crippen LogP contribution in [0.2, 0.25) is 0 Å². The Morgan fingerprint density at radius 2 is 1.69 bits per heavy atom. The van der Waals surface area contributed by atoms with Crippen molar-refractivity contribution in [1.82, 2.24) is 14.2 Å². The summed E-state index contributed by atoms with van der Waals surface area (Å²) >= 11 is 1.41. The Morgan fingerprint density at radius 1 is 1.06 bits per heavy atom. The van der Waals surface area contributed by atoms with Gasteiger partial charge in [0.2, 0.25) is 10.0 Å². The Hall–Kier alpha value is -2.76. The van der Waals surface area contributed by atoms with E-state index in [9.17, 15) is 13.2 Å². The molecule has 3 rings (SSSR count). The molecule has 1 heterocycles. The predicted octanol–water partition coefficient (Wildman–Crippen LogP) is 4.30. The highest BCUT2D eigenvalue weighted by Gasteiger charge is 2.25. The van der Waals surface area contributed by atoms with Gasteiger partial charge in [-0.3, -0.25) is 9.69 Å². The molecule has 0 aliphatic heterocycles. The smallest absolute Gasteiger partial charge is 0.260 e. The molecule has 0 unspecified atom stereocenters. The largest absolute Gasteiger partial charge is 0.494 e. The van der Waals surface area contributed by atoms with Gasteiger partial charge in [-0.15, -0.1) is 25.6 Å². The van der Waals surface area contributed by atoms with Crippen LogP contribution in [0.25, 0.3) is 10.2 Å². The van der Waals surface area contributed by atoms with Crippen molar-refractivity contribution < 1.29 is 17.9 Å². The molecule has 0 saturated heterocycles. The quantitative estimate of drug-likeness (QED) is 0.313. The third kappa shape index (κ3) is 6.51. The maximum Gasteiger partial charge on any atom is 0.260 e. The molecule has 2 aromatic carbocycles. The maximum absolute atomic E-state index is 13.5. The first-order valence-corrected chi connectivity index (χ1v) is 13.2. The van der Waals surface area contributed by atoms with Crippen molar-refractivity contribution in [3.8, 4) is 5.75 Å². The minimum absolute atomic E-state index is 0. The van der Waals surface area contributed by atoms with Crippen LogP contribution in [0.15, 0.2) is 72.7 Å². The van der Waals surface area contributed by atoms with Gasteiger partial charge in [0.1, 0.15) is 11.3 Å². The van der Waals surface area contributed by atoms with Crippen LogP contribution >= 0.6 is 23.7 Å². The summed E-state index contributed by atoms with van der Waals surface area (Å²) < 4.78 is 33.6. The number of amides is 1. The van der Waals surface area contributed by atoms with Gasteiger partial charge in [0.25, 0.3) is 5.91 Å². The molecule has 11 heteroatoms. The van der Waals surface area contributed by atoms with Crippen LogP contribution in [0.5, 0.6) is 5.75 Å². The summed E-state index contributed by atoms with van der Waals surface area (Å²) in [5.41, 5.74) is 1.07. The average Bonchev–Trinajstić information content (AvgIpc) is 3.28. The minimum Gasteiger partial charge on any atom is -0.494 e. The van der Waals surface area contributed by atoms with Crippen molar-refractivity contribution in [2.45, 2.75) is 4.90 Å². The number of benzene rings is 2. The molecule has 1 aromatic heterocycles. The first kappa shape index (κ1) is 29.5. The summed E-state index contributed by atoms with van der Waals surface area (Å²) in [4.78, 5) is 21.9. The zero-order valence-corrected chi connectivity index (χ0v) is 23.0. The fourth-order valence-corrected chi connectivity index (χ4v) is 5.80. The summed E-state index contributed by atoms with van der Waals surface area (Å²) in [6, 6.07) is 11.6. The van der Waals surface area contributed by atoms with Crippen LogP contribution in [-0.2, 0) is 10.0 Å². The second kappa shape index (κ2) is 13.0. The van der Waals surface area contributed by atoms with Gasteiger partial charge in [-0.1, -0.05) is 29.6 Å². The van der Waals surface area contributed by atoms with Gasteiger partial charge in [-0.05, 0) is 50.5 Å². The molecule has 0 fully saturated rings. The lowest BCUT2D eigenvalue weighted by molar-refractivity contribution is 0.0985. The zero-order chi connectivity index (χ0) is 25.6. The number of carbonyl (C=O) groups excluding carboxylic acids is 1. The Balaban J connectivity index is 0.00000456. The molecule has 0 spiro atoms. The van der Waals surface area contributed by atoms with Crippen LogP contribution in [-0.4, -0.2) is 75.9 Å². The van der Waals surface area contributed by atoms with Crippen LogP contribution in [0.1, 0.15) is 10.4 Å². The van der Waals surface area contributed by atoms with Gasteiger partial charge in [0.15, 0.2) is 5.13 Å². The number of rotatable bonds is 12. The molecule has 8 nitrogen and oxygen atoms in total. The molecular weight excluding hydrogens is 520 g/mol. The third-order valence-electron chi connectivity index (χ3n) is 5.24. The number of likely N-dealkylation sites (N-methyl/N-ethyl adjacent to an activating group) is 1. The topological polar surface area (TPSA) is 83.1 Å². The Labute approximate surface area is 222 Å². The molecule has 3 aromatic rings. The number of anilines is 1. The molecule has 0 N–H and O–H groups in total. The number of carbonyl (C=O) groups is 1. The zero-order valence-electron chi connectivity index (χ0n) is 20.6. The van der Waals surface area contributed by atoms with Gasteiger partial charge in [-0.2, -0.15) is 4.31 Å². The van der Waals surface area contributed by atoms with E-state index in [4.69, 9.17) is 4.74 Å². The fraction of sp³-hybridized carbons (Fsp3) is 0.280. The normalized spacial score (nSPS) is 11.4. The summed E-state index contributed by atoms with van der Waals surface area (Å²) in [7, 11) is 1.70. The van der Waals surface area contributed by atoms with Crippen molar-refractivity contribution in [3.63, 3.8) is 0 Å². The Bertz CT molecular complexity index is 1300. The average molecular weight is 551 g/mol. The summed E-state index contributed by atoms with van der Waals surface area (Å²) in [5.74, 6) is 0.381. The van der Waals surface area contributed by atoms with E-state index in [0.717, 1.165) is 4.70 Å². The van der Waals surface area contributed by atoms with E-state index in [2.05, 4.69) is 18.1 Å². The number of fused-ring (bicyclic) bond motifs is 1. The number of nitrogens with zero attached hydrogens (tertiary/aromatic N) is 4. The Kier molecular flexibility index (Phi) is 10.6. The van der Waals surface area contributed by atoms with Crippen molar-refractivity contribution >= 4 is 55.0 Å². The molecule has 0 saturated carbocycles. The summed E-state index contributed by atoms with van der Waals surface area (Å²) in [6.45, 7) is 8.62. The number of halogens is 1. The Morgan fingerprint density at radius 3 is 2.25 bits per heavy atom. The fourth-order valence-electron chi connectivity index (χ4n) is 3.41. The number of methoxy groups -OCH3 is 1. The van der Waals surface area contributed by atoms with Crippen LogP contribution in [0.4, 0.5) is 5.13 Å². The molecule has 0 aliphatic rings. The van der Waals surface area contributed by atoms with E-state index in [1.54, 1.807) is 12.0 Å². The van der Waals surface area contributed by atoms with Gasteiger partial charge < -0.3 is 9.64 Å². The predicted molar refractivity (Wildman–Crippen MR) is 149 cm³/mol. The van der Waals surface area contributed by atoms with Crippen LogP contribution in [0, 0.1) is 0 Å². The lowest BCUT2D eigenvalue weighted by Gasteiger charge is -2.22. The van der Waals surface area contributed by atoms with Crippen molar-refractivity contribution in [2.24, 2.45) is 0 Å². The van der Waals surface area contributed by atoms with E-state index < -0.39 is 10.0 Å². The number of hydrogen-bond acceptors (Lipinski definition) is 7. The first-order valence-electron chi connectivity index (χ1n) is 10.9. The van der Waals surface area contributed by atoms with E-state index in [0.29, 0.717) is 35.1 Å². The monoisotopic (exact) mass is 550 g/mol. The molecule has 0 aliphatic carbocycles. The number of aromatic nitrogens is 1. The lowest BCUT2D eigenvalue weighted by atomic mass is 10.2. The SMILES string of the molecule is C=CCN(CC=C)S(=O)(=O)c1ccc(C(=O)N(CCN(C)C)c2nc3c(OC)cccc3s2)cc1.Cl. The molecular formula is C25H31ClN4O4S2. The molecule has 0 atom stereocenters. The van der Waals surface area contributed by atoms with E-state index in [1.165, 1.54) is 52.1 Å². The highest BCUT2D eigenvalue weighted by molar-refractivity contribution is 7.89. The highest BCUT2D eigenvalue weighted by atomic mass is 35.5. The number of para-hydroxylation sites is 1. The minimum atomic E-state index is -3.75. The van der Waals surface area contributed by atoms with Crippen molar-refractivity contribution in [3.05, 3.63) is 73.3 Å². The number of hydrogen-bond donors (Lipinski definition) is 0. The maximum atomic E-state index is 13.5. The lowest BCUT2D eigenvalue weighted by Crippen LogP contribution is -2.36. The third-order valence-corrected chi connectivity index (χ3v) is 8.13. The van der Waals surface area contributed by atoms with E-state index in [-0.39, 0.29) is 36.3 Å². The van der Waals surface area contributed by atoms with Gasteiger partial charge in [0, 0.05) is 31.7 Å². The summed E-state index contributed by atoms with van der Waals surface area (Å²) in [5, 5.41) is 0.552. The highest BCUT2D eigenvalue weighted by Crippen LogP contribution is 2.34. The molecule has 0 radical (unpaired) electrons. The van der Waals surface area contributed by atoms with Gasteiger partial charge >= 0.3 is 0 Å². The first-order chi connectivity index (χ1) is 16.7. The number of thiazole rings is 1. The van der Waals surface area contributed by atoms with Crippen LogP contribution in [0.3, 0.4) is 0 Å². The van der Waals surface area contributed by atoms with E-state index in [1.807, 2.05) is 37.2 Å². The molecule has 1 amide bonds. The van der Waals surface area contributed by atoms with Crippen LogP contribution < -0.4 is 9.64 Å². The number of sulfonamides is 1. The van der Waals surface area contributed by atoms with Crippen molar-refractivity contribution in [2.75, 3.05) is 52.3 Å². The van der Waals surface area contributed by atoms with Gasteiger partial charge in [-0.25, -0.2) is 13.4 Å². The van der Waals surface area contributed by atoms with E-state index >= 15 is 0 Å². The van der Waals surface area contributed by atoms with Crippen molar-refractivity contribution in [1.29, 1.82) is 0 Å².